The van der Waals surface area contributed by atoms with E-state index in [2.05, 4.69) is 45.0 Å². The number of likely N-dealkylation sites (tertiary alicyclic amines) is 1. The molecule has 0 radical (unpaired) electrons. The first-order chi connectivity index (χ1) is 7.93. The molecule has 0 aromatic heterocycles. The lowest BCUT2D eigenvalue weighted by molar-refractivity contribution is 0.111. The minimum atomic E-state index is 0.507. The Bertz CT molecular complexity index is 199. The maximum atomic E-state index is 3.31. The lowest BCUT2D eigenvalue weighted by atomic mass is 9.75. The zero-order valence-corrected chi connectivity index (χ0v) is 12.6. The summed E-state index contributed by atoms with van der Waals surface area (Å²) in [5.74, 6) is 0.926. The van der Waals surface area contributed by atoms with Gasteiger partial charge in [0.05, 0.1) is 0 Å². The topological polar surface area (TPSA) is 15.3 Å². The molecule has 1 N–H and O–H groups in total. The normalized spacial score (nSPS) is 21.7. The fourth-order valence-corrected chi connectivity index (χ4v) is 2.79. The number of nitrogens with zero attached hydrogens (tertiary/aromatic N) is 1. The van der Waals surface area contributed by atoms with Crippen LogP contribution in [0, 0.1) is 11.3 Å². The van der Waals surface area contributed by atoms with Gasteiger partial charge in [0.1, 0.15) is 0 Å². The molecule has 1 aliphatic rings. The maximum absolute atomic E-state index is 3.31. The van der Waals surface area contributed by atoms with Crippen LogP contribution in [-0.2, 0) is 0 Å². The van der Waals surface area contributed by atoms with Crippen LogP contribution in [0.3, 0.4) is 0 Å². The molecule has 1 saturated heterocycles. The average Bonchev–Trinajstić information content (AvgIpc) is 2.28. The summed E-state index contributed by atoms with van der Waals surface area (Å²) in [5, 5.41) is 3.31. The molecule has 0 aromatic carbocycles. The third-order valence-electron chi connectivity index (χ3n) is 4.42. The third kappa shape index (κ3) is 5.39. The highest BCUT2D eigenvalue weighted by molar-refractivity contribution is 4.80. The second-order valence-corrected chi connectivity index (χ2v) is 6.81. The van der Waals surface area contributed by atoms with E-state index in [4.69, 9.17) is 0 Å². The Kier molecular flexibility index (Phi) is 5.94. The first kappa shape index (κ1) is 15.0. The smallest absolute Gasteiger partial charge is 0.00362 e. The third-order valence-corrected chi connectivity index (χ3v) is 4.42. The van der Waals surface area contributed by atoms with Gasteiger partial charge in [-0.3, -0.25) is 0 Å². The molecule has 1 atom stereocenters. The molecule has 1 aliphatic heterocycles. The maximum Gasteiger partial charge on any atom is 0.00362 e. The largest absolute Gasteiger partial charge is 0.317 e. The van der Waals surface area contributed by atoms with E-state index in [0.29, 0.717) is 11.5 Å². The van der Waals surface area contributed by atoms with Crippen molar-refractivity contribution in [1.29, 1.82) is 0 Å². The van der Waals surface area contributed by atoms with E-state index in [-0.39, 0.29) is 0 Å². The van der Waals surface area contributed by atoms with Gasteiger partial charge in [0.15, 0.2) is 0 Å². The molecule has 1 unspecified atom stereocenters. The van der Waals surface area contributed by atoms with Gasteiger partial charge in [0, 0.05) is 6.04 Å². The molecule has 0 bridgehead atoms. The Morgan fingerprint density at radius 1 is 1.24 bits per heavy atom. The van der Waals surface area contributed by atoms with E-state index in [1.807, 2.05) is 0 Å². The number of hydrogen-bond acceptors (Lipinski definition) is 2. The van der Waals surface area contributed by atoms with Gasteiger partial charge in [-0.05, 0) is 70.6 Å². The summed E-state index contributed by atoms with van der Waals surface area (Å²) in [6, 6.07) is 0.669. The summed E-state index contributed by atoms with van der Waals surface area (Å²) < 4.78 is 0. The van der Waals surface area contributed by atoms with Gasteiger partial charge in [0.25, 0.3) is 0 Å². The van der Waals surface area contributed by atoms with Crippen molar-refractivity contribution in [2.75, 3.05) is 26.7 Å². The molecule has 0 saturated carbocycles. The predicted molar refractivity (Wildman–Crippen MR) is 76.4 cm³/mol. The Morgan fingerprint density at radius 2 is 1.82 bits per heavy atom. The van der Waals surface area contributed by atoms with Gasteiger partial charge >= 0.3 is 0 Å². The van der Waals surface area contributed by atoms with Crippen LogP contribution < -0.4 is 5.32 Å². The van der Waals surface area contributed by atoms with Crippen molar-refractivity contribution in [2.45, 2.75) is 59.4 Å². The second-order valence-electron chi connectivity index (χ2n) is 6.81. The quantitative estimate of drug-likeness (QED) is 0.794. The molecule has 0 aliphatic carbocycles. The van der Waals surface area contributed by atoms with Crippen LogP contribution in [0.25, 0.3) is 0 Å². The first-order valence-corrected chi connectivity index (χ1v) is 7.33. The average molecular weight is 240 g/mol. The fraction of sp³-hybridized carbons (Fsp3) is 1.00. The summed E-state index contributed by atoms with van der Waals surface area (Å²) in [5.41, 5.74) is 0.507. The van der Waals surface area contributed by atoms with Gasteiger partial charge in [0.2, 0.25) is 0 Å². The van der Waals surface area contributed by atoms with E-state index >= 15 is 0 Å². The van der Waals surface area contributed by atoms with E-state index in [0.717, 1.165) is 5.92 Å². The Hall–Kier alpha value is -0.0800. The molecule has 0 aromatic rings. The number of rotatable bonds is 5. The molecule has 1 heterocycles. The van der Waals surface area contributed by atoms with E-state index < -0.39 is 0 Å². The minimum Gasteiger partial charge on any atom is -0.317 e. The summed E-state index contributed by atoms with van der Waals surface area (Å²) >= 11 is 0. The van der Waals surface area contributed by atoms with Crippen LogP contribution in [0.5, 0.6) is 0 Å². The molecule has 1 fully saturated rings. The van der Waals surface area contributed by atoms with Crippen molar-refractivity contribution >= 4 is 0 Å². The SMILES string of the molecule is CNC(C)CCCN1CCC(C(C)(C)C)CC1. The summed E-state index contributed by atoms with van der Waals surface area (Å²) in [7, 11) is 2.06. The van der Waals surface area contributed by atoms with Crippen LogP contribution in [0.4, 0.5) is 0 Å². The van der Waals surface area contributed by atoms with Crippen molar-refractivity contribution in [3.05, 3.63) is 0 Å². The van der Waals surface area contributed by atoms with Gasteiger partial charge in [-0.1, -0.05) is 20.8 Å². The van der Waals surface area contributed by atoms with Crippen LogP contribution in [0.15, 0.2) is 0 Å². The molecule has 17 heavy (non-hydrogen) atoms. The minimum absolute atomic E-state index is 0.507. The highest BCUT2D eigenvalue weighted by atomic mass is 15.1. The van der Waals surface area contributed by atoms with E-state index in [9.17, 15) is 0 Å². The molecule has 102 valence electrons. The Labute approximate surface area is 108 Å². The van der Waals surface area contributed by atoms with Gasteiger partial charge < -0.3 is 10.2 Å². The van der Waals surface area contributed by atoms with Crippen molar-refractivity contribution in [1.82, 2.24) is 10.2 Å². The number of piperidine rings is 1. The molecule has 1 rings (SSSR count). The molecule has 2 heteroatoms. The summed E-state index contributed by atoms with van der Waals surface area (Å²) in [6.07, 6.45) is 5.42. The molecular weight excluding hydrogens is 208 g/mol. The standard InChI is InChI=1S/C15H32N2/c1-13(16-5)7-6-10-17-11-8-14(9-12-17)15(2,3)4/h13-14,16H,6-12H2,1-5H3. The number of nitrogens with one attached hydrogen (secondary N) is 1. The van der Waals surface area contributed by atoms with Crippen LogP contribution >= 0.6 is 0 Å². The van der Waals surface area contributed by atoms with Crippen LogP contribution in [-0.4, -0.2) is 37.6 Å². The summed E-state index contributed by atoms with van der Waals surface area (Å²) in [4.78, 5) is 2.66. The van der Waals surface area contributed by atoms with Crippen molar-refractivity contribution in [3.63, 3.8) is 0 Å². The van der Waals surface area contributed by atoms with Crippen molar-refractivity contribution in [3.8, 4) is 0 Å². The van der Waals surface area contributed by atoms with E-state index in [1.165, 1.54) is 45.3 Å². The number of hydrogen-bond donors (Lipinski definition) is 1. The van der Waals surface area contributed by atoms with Gasteiger partial charge in [-0.25, -0.2) is 0 Å². The Morgan fingerprint density at radius 3 is 2.29 bits per heavy atom. The monoisotopic (exact) mass is 240 g/mol. The second kappa shape index (κ2) is 6.75. The van der Waals surface area contributed by atoms with Crippen molar-refractivity contribution < 1.29 is 0 Å². The van der Waals surface area contributed by atoms with Crippen LogP contribution in [0.2, 0.25) is 0 Å². The summed E-state index contributed by atoms with van der Waals surface area (Å²) in [6.45, 7) is 13.4. The van der Waals surface area contributed by atoms with Crippen LogP contribution in [0.1, 0.15) is 53.4 Å². The first-order valence-electron chi connectivity index (χ1n) is 7.33. The van der Waals surface area contributed by atoms with E-state index in [1.54, 1.807) is 0 Å². The zero-order valence-electron chi connectivity index (χ0n) is 12.6. The molecule has 2 nitrogen and oxygen atoms in total. The lowest BCUT2D eigenvalue weighted by Crippen LogP contribution is -2.38. The van der Waals surface area contributed by atoms with Gasteiger partial charge in [-0.15, -0.1) is 0 Å². The van der Waals surface area contributed by atoms with Crippen molar-refractivity contribution in [2.24, 2.45) is 11.3 Å². The predicted octanol–water partition coefficient (Wildman–Crippen LogP) is 3.13. The molecule has 0 amide bonds. The van der Waals surface area contributed by atoms with Gasteiger partial charge in [-0.2, -0.15) is 0 Å². The lowest BCUT2D eigenvalue weighted by Gasteiger charge is -2.38. The Balaban J connectivity index is 2.15. The molecular formula is C15H32N2. The highest BCUT2D eigenvalue weighted by Crippen LogP contribution is 2.34. The molecule has 0 spiro atoms. The zero-order chi connectivity index (χ0) is 12.9. The fourth-order valence-electron chi connectivity index (χ4n) is 2.79. The highest BCUT2D eigenvalue weighted by Gasteiger charge is 2.28.